The summed E-state index contributed by atoms with van der Waals surface area (Å²) in [5.74, 6) is 0.712. The predicted octanol–water partition coefficient (Wildman–Crippen LogP) is 2.76. The van der Waals surface area contributed by atoms with Crippen LogP contribution < -0.4 is 5.73 Å². The second-order valence-electron chi connectivity index (χ2n) is 4.84. The highest BCUT2D eigenvalue weighted by Crippen LogP contribution is 2.29. The molecule has 16 heavy (non-hydrogen) atoms. The maximum Gasteiger partial charge on any atom is 0.192 e. The number of nitrogens with two attached hydrogens (primary N) is 1. The zero-order chi connectivity index (χ0) is 11.8. The molecule has 1 heterocycles. The highest BCUT2D eigenvalue weighted by Gasteiger charge is 2.20. The lowest BCUT2D eigenvalue weighted by molar-refractivity contribution is 0.486. The lowest BCUT2D eigenvalue weighted by Gasteiger charge is -2.24. The number of hydrogen-bond acceptors (Lipinski definition) is 3. The van der Waals surface area contributed by atoms with E-state index in [4.69, 9.17) is 10.2 Å². The van der Waals surface area contributed by atoms with Crippen molar-refractivity contribution < 1.29 is 4.42 Å². The van der Waals surface area contributed by atoms with Gasteiger partial charge in [-0.3, -0.25) is 0 Å². The van der Waals surface area contributed by atoms with Crippen LogP contribution >= 0.6 is 0 Å². The van der Waals surface area contributed by atoms with Gasteiger partial charge in [0.2, 0.25) is 0 Å². The van der Waals surface area contributed by atoms with Gasteiger partial charge in [-0.05, 0) is 36.1 Å². The molecule has 0 saturated carbocycles. The Balaban J connectivity index is 2.45. The SMILES string of the molecule is Cc1nc2ccc(C(C)(C)CCN)cc2o1. The van der Waals surface area contributed by atoms with Crippen LogP contribution in [0, 0.1) is 6.92 Å². The molecule has 1 aromatic heterocycles. The molecule has 0 fully saturated rings. The van der Waals surface area contributed by atoms with E-state index in [2.05, 4.69) is 31.0 Å². The highest BCUT2D eigenvalue weighted by molar-refractivity contribution is 5.73. The number of aryl methyl sites for hydroxylation is 1. The number of aromatic nitrogens is 1. The molecule has 86 valence electrons. The molecule has 3 nitrogen and oxygen atoms in total. The van der Waals surface area contributed by atoms with Crippen molar-refractivity contribution in [3.8, 4) is 0 Å². The van der Waals surface area contributed by atoms with E-state index in [1.165, 1.54) is 5.56 Å². The summed E-state index contributed by atoms with van der Waals surface area (Å²) in [5, 5.41) is 0. The van der Waals surface area contributed by atoms with Crippen molar-refractivity contribution in [2.75, 3.05) is 6.54 Å². The normalized spacial score (nSPS) is 12.2. The molecule has 1 aromatic carbocycles. The Kier molecular flexibility index (Phi) is 2.72. The first-order chi connectivity index (χ1) is 7.53. The molecule has 0 spiro atoms. The van der Waals surface area contributed by atoms with Crippen LogP contribution in [0.4, 0.5) is 0 Å². The van der Waals surface area contributed by atoms with Crippen LogP contribution in [0.5, 0.6) is 0 Å². The Labute approximate surface area is 95.7 Å². The van der Waals surface area contributed by atoms with Crippen molar-refractivity contribution in [3.05, 3.63) is 29.7 Å². The maximum absolute atomic E-state index is 5.63. The third-order valence-electron chi connectivity index (χ3n) is 3.05. The van der Waals surface area contributed by atoms with Gasteiger partial charge in [-0.15, -0.1) is 0 Å². The second-order valence-corrected chi connectivity index (χ2v) is 4.84. The molecule has 0 radical (unpaired) electrons. The number of hydrogen-bond donors (Lipinski definition) is 1. The Bertz CT molecular complexity index is 500. The van der Waals surface area contributed by atoms with E-state index in [9.17, 15) is 0 Å². The molecule has 0 aliphatic rings. The van der Waals surface area contributed by atoms with Crippen molar-refractivity contribution in [1.82, 2.24) is 4.98 Å². The molecule has 0 aliphatic heterocycles. The molecule has 0 bridgehead atoms. The van der Waals surface area contributed by atoms with E-state index in [1.54, 1.807) is 0 Å². The summed E-state index contributed by atoms with van der Waals surface area (Å²) in [4.78, 5) is 4.29. The summed E-state index contributed by atoms with van der Waals surface area (Å²) in [6, 6.07) is 6.20. The predicted molar refractivity (Wildman–Crippen MR) is 65.4 cm³/mol. The molecule has 0 amide bonds. The van der Waals surface area contributed by atoms with E-state index < -0.39 is 0 Å². The minimum atomic E-state index is 0.0869. The van der Waals surface area contributed by atoms with E-state index in [0.29, 0.717) is 12.4 Å². The number of oxazole rings is 1. The zero-order valence-electron chi connectivity index (χ0n) is 10.1. The number of benzene rings is 1. The summed E-state index contributed by atoms with van der Waals surface area (Å²) in [5.41, 5.74) is 8.75. The van der Waals surface area contributed by atoms with Gasteiger partial charge in [0.05, 0.1) is 0 Å². The highest BCUT2D eigenvalue weighted by atomic mass is 16.3. The van der Waals surface area contributed by atoms with E-state index in [0.717, 1.165) is 17.5 Å². The first kappa shape index (κ1) is 11.1. The van der Waals surface area contributed by atoms with E-state index in [-0.39, 0.29) is 5.41 Å². The summed E-state index contributed by atoms with van der Waals surface area (Å²) in [6.07, 6.45) is 0.964. The quantitative estimate of drug-likeness (QED) is 0.861. The Morgan fingerprint density at radius 1 is 1.38 bits per heavy atom. The fourth-order valence-electron chi connectivity index (χ4n) is 1.97. The molecule has 0 unspecified atom stereocenters. The number of rotatable bonds is 3. The molecule has 0 aliphatic carbocycles. The second kappa shape index (κ2) is 3.91. The summed E-state index contributed by atoms with van der Waals surface area (Å²) in [7, 11) is 0. The van der Waals surface area contributed by atoms with Gasteiger partial charge < -0.3 is 10.2 Å². The molecular weight excluding hydrogens is 200 g/mol. The average Bonchev–Trinajstić information content (AvgIpc) is 2.56. The number of fused-ring (bicyclic) bond motifs is 1. The standard InChI is InChI=1S/C13H18N2O/c1-9-15-11-5-4-10(8-12(11)16-9)13(2,3)6-7-14/h4-5,8H,6-7,14H2,1-3H3. The molecule has 0 saturated heterocycles. The summed E-state index contributed by atoms with van der Waals surface area (Å²) in [6.45, 7) is 6.96. The topological polar surface area (TPSA) is 52.0 Å². The maximum atomic E-state index is 5.63. The lowest BCUT2D eigenvalue weighted by atomic mass is 9.81. The smallest absolute Gasteiger partial charge is 0.192 e. The van der Waals surface area contributed by atoms with Crippen LogP contribution in [-0.2, 0) is 5.41 Å². The van der Waals surface area contributed by atoms with Crippen molar-refractivity contribution in [2.24, 2.45) is 5.73 Å². The van der Waals surface area contributed by atoms with E-state index >= 15 is 0 Å². The molecule has 3 heteroatoms. The summed E-state index contributed by atoms with van der Waals surface area (Å²) >= 11 is 0. The van der Waals surface area contributed by atoms with Gasteiger partial charge in [0.25, 0.3) is 0 Å². The van der Waals surface area contributed by atoms with Crippen LogP contribution in [0.15, 0.2) is 22.6 Å². The first-order valence-electron chi connectivity index (χ1n) is 5.61. The van der Waals surface area contributed by atoms with Crippen LogP contribution in [0.1, 0.15) is 31.7 Å². The third-order valence-corrected chi connectivity index (χ3v) is 3.05. The largest absolute Gasteiger partial charge is 0.441 e. The Morgan fingerprint density at radius 2 is 2.12 bits per heavy atom. The van der Waals surface area contributed by atoms with Gasteiger partial charge in [0.15, 0.2) is 11.5 Å². The fourth-order valence-corrected chi connectivity index (χ4v) is 1.97. The van der Waals surface area contributed by atoms with Gasteiger partial charge in [-0.1, -0.05) is 19.9 Å². The van der Waals surface area contributed by atoms with E-state index in [1.807, 2.05) is 13.0 Å². The van der Waals surface area contributed by atoms with Crippen molar-refractivity contribution in [1.29, 1.82) is 0 Å². The molecule has 2 N–H and O–H groups in total. The van der Waals surface area contributed by atoms with Crippen molar-refractivity contribution in [3.63, 3.8) is 0 Å². The van der Waals surface area contributed by atoms with Gasteiger partial charge >= 0.3 is 0 Å². The molecular formula is C13H18N2O. The van der Waals surface area contributed by atoms with Gasteiger partial charge in [0.1, 0.15) is 5.52 Å². The number of nitrogens with zero attached hydrogens (tertiary/aromatic N) is 1. The lowest BCUT2D eigenvalue weighted by Crippen LogP contribution is -2.21. The van der Waals surface area contributed by atoms with Gasteiger partial charge in [-0.25, -0.2) is 4.98 Å². The zero-order valence-corrected chi connectivity index (χ0v) is 10.1. The molecule has 2 rings (SSSR count). The third kappa shape index (κ3) is 1.95. The van der Waals surface area contributed by atoms with Gasteiger partial charge in [-0.2, -0.15) is 0 Å². The van der Waals surface area contributed by atoms with Crippen LogP contribution in [-0.4, -0.2) is 11.5 Å². The monoisotopic (exact) mass is 218 g/mol. The van der Waals surface area contributed by atoms with Crippen LogP contribution in [0.2, 0.25) is 0 Å². The first-order valence-corrected chi connectivity index (χ1v) is 5.61. The Hall–Kier alpha value is -1.35. The molecule has 0 atom stereocenters. The van der Waals surface area contributed by atoms with Crippen LogP contribution in [0.3, 0.4) is 0 Å². The van der Waals surface area contributed by atoms with Gasteiger partial charge in [0, 0.05) is 6.92 Å². The fraction of sp³-hybridized carbons (Fsp3) is 0.462. The average molecular weight is 218 g/mol. The minimum absolute atomic E-state index is 0.0869. The van der Waals surface area contributed by atoms with Crippen molar-refractivity contribution >= 4 is 11.1 Å². The summed E-state index contributed by atoms with van der Waals surface area (Å²) < 4.78 is 5.54. The molecule has 2 aromatic rings. The Morgan fingerprint density at radius 3 is 2.81 bits per heavy atom. The van der Waals surface area contributed by atoms with Crippen LogP contribution in [0.25, 0.3) is 11.1 Å². The minimum Gasteiger partial charge on any atom is -0.441 e. The van der Waals surface area contributed by atoms with Crippen molar-refractivity contribution in [2.45, 2.75) is 32.6 Å².